The van der Waals surface area contributed by atoms with Gasteiger partial charge in [0.1, 0.15) is 0 Å². The van der Waals surface area contributed by atoms with E-state index in [-0.39, 0.29) is 0 Å². The van der Waals surface area contributed by atoms with Gasteiger partial charge in [0, 0.05) is 52.3 Å². The molecule has 2 aliphatic heterocycles. The number of hydrogen-bond acceptors (Lipinski definition) is 4. The van der Waals surface area contributed by atoms with Gasteiger partial charge in [0.15, 0.2) is 5.96 Å². The van der Waals surface area contributed by atoms with Crippen LogP contribution >= 0.6 is 0 Å². The largest absolute Gasteiger partial charge is 0.381 e. The number of hydrogen-bond donors (Lipinski definition) is 1. The molecule has 0 saturated carbocycles. The van der Waals surface area contributed by atoms with Crippen LogP contribution in [0.3, 0.4) is 0 Å². The van der Waals surface area contributed by atoms with Gasteiger partial charge in [-0.2, -0.15) is 0 Å². The Bertz CT molecular complexity index is 815. The summed E-state index contributed by atoms with van der Waals surface area (Å²) in [6.07, 6.45) is 9.32. The number of aromatic nitrogens is 2. The summed E-state index contributed by atoms with van der Waals surface area (Å²) in [5.41, 5.74) is 2.46. The molecule has 0 spiro atoms. The third-order valence-corrected chi connectivity index (χ3v) is 6.47. The predicted molar refractivity (Wildman–Crippen MR) is 122 cm³/mol. The van der Waals surface area contributed by atoms with Crippen molar-refractivity contribution in [3.63, 3.8) is 0 Å². The Morgan fingerprint density at radius 3 is 2.68 bits per heavy atom. The lowest BCUT2D eigenvalue weighted by Crippen LogP contribution is -2.48. The molecule has 1 aromatic carbocycles. The lowest BCUT2D eigenvalue weighted by Gasteiger charge is -2.39. The van der Waals surface area contributed by atoms with Crippen molar-refractivity contribution in [2.45, 2.75) is 51.5 Å². The van der Waals surface area contributed by atoms with Gasteiger partial charge in [-0.1, -0.05) is 31.2 Å². The fourth-order valence-electron chi connectivity index (χ4n) is 4.42. The zero-order valence-electron chi connectivity index (χ0n) is 18.7. The Morgan fingerprint density at radius 1 is 1.19 bits per heavy atom. The lowest BCUT2D eigenvalue weighted by molar-refractivity contribution is -0.0390. The van der Waals surface area contributed by atoms with Crippen molar-refractivity contribution in [1.82, 2.24) is 19.8 Å². The summed E-state index contributed by atoms with van der Waals surface area (Å²) in [7, 11) is 1.86. The summed E-state index contributed by atoms with van der Waals surface area (Å²) in [4.78, 5) is 11.1. The number of nitrogens with one attached hydrogen (secondary N) is 1. The van der Waals surface area contributed by atoms with E-state index < -0.39 is 0 Å². The van der Waals surface area contributed by atoms with Crippen LogP contribution in [0.4, 0.5) is 0 Å². The molecule has 3 heterocycles. The molecule has 168 valence electrons. The van der Waals surface area contributed by atoms with E-state index in [2.05, 4.69) is 62.1 Å². The Balaban J connectivity index is 1.27. The van der Waals surface area contributed by atoms with Gasteiger partial charge in [-0.25, -0.2) is 4.98 Å². The van der Waals surface area contributed by atoms with E-state index in [1.807, 2.05) is 19.6 Å². The van der Waals surface area contributed by atoms with Crippen LogP contribution in [0.1, 0.15) is 43.4 Å². The minimum atomic E-state index is 0.330. The molecule has 7 heteroatoms. The van der Waals surface area contributed by atoms with Crippen LogP contribution < -0.4 is 5.32 Å². The second-order valence-corrected chi connectivity index (χ2v) is 8.63. The van der Waals surface area contributed by atoms with E-state index in [0.717, 1.165) is 58.1 Å². The predicted octanol–water partition coefficient (Wildman–Crippen LogP) is 3.24. The maximum absolute atomic E-state index is 6.03. The van der Waals surface area contributed by atoms with Gasteiger partial charge in [0.25, 0.3) is 0 Å². The Hall–Kier alpha value is -2.38. The van der Waals surface area contributed by atoms with Crippen molar-refractivity contribution in [2.24, 2.45) is 10.9 Å². The van der Waals surface area contributed by atoms with Gasteiger partial charge in [0.05, 0.1) is 25.1 Å². The molecular formula is C24H35N5O2. The monoisotopic (exact) mass is 425 g/mol. The third-order valence-electron chi connectivity index (χ3n) is 6.47. The fourth-order valence-corrected chi connectivity index (χ4v) is 4.42. The minimum Gasteiger partial charge on any atom is -0.381 e. The molecule has 2 unspecified atom stereocenters. The highest BCUT2D eigenvalue weighted by Gasteiger charge is 2.28. The molecule has 0 aliphatic carbocycles. The van der Waals surface area contributed by atoms with Crippen molar-refractivity contribution in [3.05, 3.63) is 54.1 Å². The van der Waals surface area contributed by atoms with Crippen LogP contribution in [0.5, 0.6) is 0 Å². The van der Waals surface area contributed by atoms with Crippen LogP contribution in [0.15, 0.2) is 48.0 Å². The molecule has 0 bridgehead atoms. The maximum Gasteiger partial charge on any atom is 0.193 e. The molecule has 2 aromatic rings. The molecular weight excluding hydrogens is 390 g/mol. The first kappa shape index (κ1) is 21.8. The number of aliphatic imine (C=N–C) groups is 1. The molecule has 2 atom stereocenters. The quantitative estimate of drug-likeness (QED) is 0.569. The first-order valence-corrected chi connectivity index (χ1v) is 11.4. The molecule has 0 amide bonds. The number of likely N-dealkylation sites (tertiary alicyclic amines) is 1. The third kappa shape index (κ3) is 5.86. The molecule has 1 N–H and O–H groups in total. The van der Waals surface area contributed by atoms with Crippen molar-refractivity contribution in [1.29, 1.82) is 0 Å². The first-order chi connectivity index (χ1) is 15.2. The highest BCUT2D eigenvalue weighted by molar-refractivity contribution is 5.80. The topological polar surface area (TPSA) is 63.9 Å². The second kappa shape index (κ2) is 10.8. The first-order valence-electron chi connectivity index (χ1n) is 11.4. The highest BCUT2D eigenvalue weighted by atomic mass is 16.5. The molecule has 2 saturated heterocycles. The average molecular weight is 426 g/mol. The number of guanidine groups is 1. The minimum absolute atomic E-state index is 0.330. The Morgan fingerprint density at radius 2 is 1.97 bits per heavy atom. The Kier molecular flexibility index (Phi) is 7.59. The molecule has 2 aliphatic rings. The Labute approximate surface area is 185 Å². The van der Waals surface area contributed by atoms with Crippen LogP contribution in [0, 0.1) is 5.92 Å². The van der Waals surface area contributed by atoms with Gasteiger partial charge in [0.2, 0.25) is 0 Å². The van der Waals surface area contributed by atoms with Gasteiger partial charge in [-0.15, -0.1) is 0 Å². The summed E-state index contributed by atoms with van der Waals surface area (Å²) < 4.78 is 13.6. The standard InChI is InChI=1S/C24H35N5O2/c1-19-7-11-28(16-23(19)29-12-10-26-18-29)24(25-2)27-15-20-3-5-21(6-4-20)17-31-22-8-13-30-14-9-22/h3-6,10,12,18-19,22-23H,7-9,11,13-17H2,1-2H3,(H,25,27). The van der Waals surface area contributed by atoms with E-state index in [0.29, 0.717) is 24.7 Å². The highest BCUT2D eigenvalue weighted by Crippen LogP contribution is 2.27. The van der Waals surface area contributed by atoms with E-state index in [1.165, 1.54) is 11.1 Å². The van der Waals surface area contributed by atoms with Crippen molar-refractivity contribution >= 4 is 5.96 Å². The molecule has 1 aromatic heterocycles. The molecule has 0 radical (unpaired) electrons. The van der Waals surface area contributed by atoms with E-state index in [4.69, 9.17) is 9.47 Å². The number of benzene rings is 1. The van der Waals surface area contributed by atoms with Crippen LogP contribution in [-0.4, -0.2) is 59.9 Å². The number of piperidine rings is 1. The van der Waals surface area contributed by atoms with Crippen molar-refractivity contribution < 1.29 is 9.47 Å². The normalized spacial score (nSPS) is 23.2. The van der Waals surface area contributed by atoms with Gasteiger partial charge in [-0.05, 0) is 36.3 Å². The van der Waals surface area contributed by atoms with Crippen LogP contribution in [0.2, 0.25) is 0 Å². The second-order valence-electron chi connectivity index (χ2n) is 8.63. The van der Waals surface area contributed by atoms with Crippen LogP contribution in [0.25, 0.3) is 0 Å². The number of imidazole rings is 1. The summed E-state index contributed by atoms with van der Waals surface area (Å²) in [6.45, 7) is 7.35. The molecule has 4 rings (SSSR count). The van der Waals surface area contributed by atoms with Crippen molar-refractivity contribution in [3.8, 4) is 0 Å². The summed E-state index contributed by atoms with van der Waals surface area (Å²) in [5, 5.41) is 3.55. The van der Waals surface area contributed by atoms with E-state index in [1.54, 1.807) is 0 Å². The zero-order valence-corrected chi connectivity index (χ0v) is 18.7. The van der Waals surface area contributed by atoms with E-state index >= 15 is 0 Å². The molecule has 7 nitrogen and oxygen atoms in total. The van der Waals surface area contributed by atoms with E-state index in [9.17, 15) is 0 Å². The number of ether oxygens (including phenoxy) is 2. The van der Waals surface area contributed by atoms with Gasteiger partial charge in [-0.3, -0.25) is 4.99 Å². The summed E-state index contributed by atoms with van der Waals surface area (Å²) in [5.74, 6) is 1.59. The molecule has 31 heavy (non-hydrogen) atoms. The number of nitrogens with zero attached hydrogens (tertiary/aromatic N) is 4. The summed E-state index contributed by atoms with van der Waals surface area (Å²) in [6, 6.07) is 9.10. The fraction of sp³-hybridized carbons (Fsp3) is 0.583. The number of rotatable bonds is 6. The van der Waals surface area contributed by atoms with Crippen LogP contribution in [-0.2, 0) is 22.6 Å². The smallest absolute Gasteiger partial charge is 0.193 e. The van der Waals surface area contributed by atoms with Gasteiger partial charge < -0.3 is 24.3 Å². The average Bonchev–Trinajstić information content (AvgIpc) is 3.35. The lowest BCUT2D eigenvalue weighted by atomic mass is 9.93. The van der Waals surface area contributed by atoms with Crippen molar-refractivity contribution in [2.75, 3.05) is 33.4 Å². The maximum atomic E-state index is 6.03. The van der Waals surface area contributed by atoms with Gasteiger partial charge >= 0.3 is 0 Å². The summed E-state index contributed by atoms with van der Waals surface area (Å²) >= 11 is 0. The SMILES string of the molecule is CN=C(NCc1ccc(COC2CCOCC2)cc1)N1CCC(C)C(n2ccnc2)C1. The zero-order chi connectivity index (χ0) is 21.5. The molecule has 2 fully saturated rings.